The Balaban J connectivity index is 1.98. The fraction of sp³-hybridized carbons (Fsp3) is 0.500. The van der Waals surface area contributed by atoms with Crippen LogP contribution in [0.15, 0.2) is 18.2 Å². The molecule has 2 amide bonds. The maximum Gasteiger partial charge on any atom is 0.319 e. The molecule has 0 atom stereocenters. The fourth-order valence-corrected chi connectivity index (χ4v) is 2.16. The van der Waals surface area contributed by atoms with Crippen molar-refractivity contribution in [3.05, 3.63) is 23.8 Å². The Morgan fingerprint density at radius 1 is 1.44 bits per heavy atom. The summed E-state index contributed by atoms with van der Waals surface area (Å²) in [5.74, 6) is 0. The van der Waals surface area contributed by atoms with Crippen LogP contribution in [-0.2, 0) is 6.42 Å². The van der Waals surface area contributed by atoms with E-state index in [1.54, 1.807) is 0 Å². The van der Waals surface area contributed by atoms with E-state index < -0.39 is 0 Å². The number of benzene rings is 1. The minimum atomic E-state index is -0.121. The molecule has 0 aromatic heterocycles. The summed E-state index contributed by atoms with van der Waals surface area (Å²) in [5, 5.41) is 9.14. The summed E-state index contributed by atoms with van der Waals surface area (Å²) < 4.78 is 0. The summed E-state index contributed by atoms with van der Waals surface area (Å²) in [4.78, 5) is 11.7. The molecule has 0 saturated carbocycles. The third-order valence-electron chi connectivity index (χ3n) is 3.14. The first-order valence-electron chi connectivity index (χ1n) is 6.72. The molecule has 1 aromatic rings. The van der Waals surface area contributed by atoms with Crippen LogP contribution >= 0.6 is 0 Å². The molecule has 1 heterocycles. The largest absolute Gasteiger partial charge is 0.383 e. The third-order valence-corrected chi connectivity index (χ3v) is 3.14. The second-order valence-corrected chi connectivity index (χ2v) is 4.60. The minimum absolute atomic E-state index is 0.121. The first kappa shape index (κ1) is 12.7. The first-order chi connectivity index (χ1) is 8.81. The highest BCUT2D eigenvalue weighted by Gasteiger charge is 2.13. The summed E-state index contributed by atoms with van der Waals surface area (Å²) in [6.45, 7) is 3.81. The van der Waals surface area contributed by atoms with Crippen molar-refractivity contribution in [1.29, 1.82) is 0 Å². The zero-order valence-electron chi connectivity index (χ0n) is 10.9. The van der Waals surface area contributed by atoms with Crippen molar-refractivity contribution >= 4 is 17.4 Å². The van der Waals surface area contributed by atoms with Crippen LogP contribution in [0.4, 0.5) is 16.2 Å². The molecule has 0 bridgehead atoms. The Bertz CT molecular complexity index is 418. The van der Waals surface area contributed by atoms with Gasteiger partial charge in [-0.3, -0.25) is 0 Å². The lowest BCUT2D eigenvalue weighted by Crippen LogP contribution is -2.30. The van der Waals surface area contributed by atoms with E-state index in [0.29, 0.717) is 0 Å². The van der Waals surface area contributed by atoms with E-state index in [9.17, 15) is 4.79 Å². The SMILES string of the molecule is CCCCNC(=O)Nc1cccc2c1NCCC2. The van der Waals surface area contributed by atoms with Crippen molar-refractivity contribution in [2.75, 3.05) is 23.7 Å². The Morgan fingerprint density at radius 3 is 3.17 bits per heavy atom. The number of para-hydroxylation sites is 1. The molecule has 0 radical (unpaired) electrons. The monoisotopic (exact) mass is 247 g/mol. The standard InChI is InChI=1S/C14H21N3O/c1-2-3-9-16-14(18)17-12-8-4-6-11-7-5-10-15-13(11)12/h4,6,8,15H,2-3,5,7,9-10H2,1H3,(H2,16,17,18). The van der Waals surface area contributed by atoms with Gasteiger partial charge in [0.1, 0.15) is 0 Å². The molecule has 0 unspecified atom stereocenters. The number of fused-ring (bicyclic) bond motifs is 1. The number of aryl methyl sites for hydroxylation is 1. The smallest absolute Gasteiger partial charge is 0.319 e. The van der Waals surface area contributed by atoms with E-state index >= 15 is 0 Å². The molecule has 1 aliphatic rings. The van der Waals surface area contributed by atoms with Gasteiger partial charge >= 0.3 is 6.03 Å². The lowest BCUT2D eigenvalue weighted by atomic mass is 10.0. The van der Waals surface area contributed by atoms with Gasteiger partial charge in [0.25, 0.3) is 0 Å². The molecule has 0 saturated heterocycles. The zero-order chi connectivity index (χ0) is 12.8. The van der Waals surface area contributed by atoms with Crippen LogP contribution in [-0.4, -0.2) is 19.1 Å². The maximum atomic E-state index is 11.7. The van der Waals surface area contributed by atoms with Crippen molar-refractivity contribution in [3.8, 4) is 0 Å². The highest BCUT2D eigenvalue weighted by atomic mass is 16.2. The van der Waals surface area contributed by atoms with E-state index in [1.807, 2.05) is 12.1 Å². The van der Waals surface area contributed by atoms with Crippen LogP contribution in [0, 0.1) is 0 Å². The topological polar surface area (TPSA) is 53.2 Å². The molecule has 1 aromatic carbocycles. The van der Waals surface area contributed by atoms with Gasteiger partial charge in [0.05, 0.1) is 11.4 Å². The van der Waals surface area contributed by atoms with Crippen molar-refractivity contribution in [3.63, 3.8) is 0 Å². The van der Waals surface area contributed by atoms with E-state index in [-0.39, 0.29) is 6.03 Å². The van der Waals surface area contributed by atoms with Gasteiger partial charge in [0, 0.05) is 13.1 Å². The van der Waals surface area contributed by atoms with E-state index in [0.717, 1.165) is 50.1 Å². The Kier molecular flexibility index (Phi) is 4.45. The number of carbonyl (C=O) groups excluding carboxylic acids is 1. The number of nitrogens with one attached hydrogen (secondary N) is 3. The molecule has 18 heavy (non-hydrogen) atoms. The van der Waals surface area contributed by atoms with E-state index in [4.69, 9.17) is 0 Å². The fourth-order valence-electron chi connectivity index (χ4n) is 2.16. The van der Waals surface area contributed by atoms with Crippen LogP contribution in [0.1, 0.15) is 31.7 Å². The molecule has 0 fully saturated rings. The first-order valence-corrected chi connectivity index (χ1v) is 6.72. The summed E-state index contributed by atoms with van der Waals surface area (Å²) >= 11 is 0. The number of hydrogen-bond acceptors (Lipinski definition) is 2. The number of unbranched alkanes of at least 4 members (excludes halogenated alkanes) is 1. The van der Waals surface area contributed by atoms with Crippen LogP contribution in [0.2, 0.25) is 0 Å². The molecule has 1 aliphatic heterocycles. The highest BCUT2D eigenvalue weighted by Crippen LogP contribution is 2.29. The van der Waals surface area contributed by atoms with Gasteiger partial charge in [-0.05, 0) is 30.9 Å². The van der Waals surface area contributed by atoms with Crippen LogP contribution in [0.5, 0.6) is 0 Å². The number of carbonyl (C=O) groups is 1. The van der Waals surface area contributed by atoms with Crippen LogP contribution < -0.4 is 16.0 Å². The van der Waals surface area contributed by atoms with Crippen molar-refractivity contribution in [2.45, 2.75) is 32.6 Å². The molecule has 2 rings (SSSR count). The maximum absolute atomic E-state index is 11.7. The van der Waals surface area contributed by atoms with E-state index in [2.05, 4.69) is 28.9 Å². The van der Waals surface area contributed by atoms with Crippen molar-refractivity contribution in [2.24, 2.45) is 0 Å². The number of hydrogen-bond donors (Lipinski definition) is 3. The molecular formula is C14H21N3O. The number of anilines is 2. The highest BCUT2D eigenvalue weighted by molar-refractivity contribution is 5.93. The zero-order valence-corrected chi connectivity index (χ0v) is 10.9. The Hall–Kier alpha value is -1.71. The number of rotatable bonds is 4. The van der Waals surface area contributed by atoms with E-state index in [1.165, 1.54) is 5.56 Å². The summed E-state index contributed by atoms with van der Waals surface area (Å²) in [7, 11) is 0. The predicted octanol–water partition coefficient (Wildman–Crippen LogP) is 2.97. The normalized spacial score (nSPS) is 13.4. The van der Waals surface area contributed by atoms with Gasteiger partial charge in [0.15, 0.2) is 0 Å². The van der Waals surface area contributed by atoms with Gasteiger partial charge in [-0.2, -0.15) is 0 Å². The van der Waals surface area contributed by atoms with Gasteiger partial charge in [-0.1, -0.05) is 25.5 Å². The number of urea groups is 1. The lowest BCUT2D eigenvalue weighted by molar-refractivity contribution is 0.252. The average Bonchev–Trinajstić information content (AvgIpc) is 2.39. The minimum Gasteiger partial charge on any atom is -0.383 e. The molecule has 3 N–H and O–H groups in total. The quantitative estimate of drug-likeness (QED) is 0.716. The summed E-state index contributed by atoms with van der Waals surface area (Å²) in [6.07, 6.45) is 4.33. The average molecular weight is 247 g/mol. The molecular weight excluding hydrogens is 226 g/mol. The Labute approximate surface area is 108 Å². The van der Waals surface area contributed by atoms with Crippen molar-refractivity contribution < 1.29 is 4.79 Å². The summed E-state index contributed by atoms with van der Waals surface area (Å²) in [6, 6.07) is 5.93. The number of amides is 2. The molecule has 4 nitrogen and oxygen atoms in total. The Morgan fingerprint density at radius 2 is 2.33 bits per heavy atom. The summed E-state index contributed by atoms with van der Waals surface area (Å²) in [5.41, 5.74) is 3.24. The van der Waals surface area contributed by atoms with Crippen molar-refractivity contribution in [1.82, 2.24) is 5.32 Å². The van der Waals surface area contributed by atoms with Crippen LogP contribution in [0.3, 0.4) is 0 Å². The molecule has 0 aliphatic carbocycles. The van der Waals surface area contributed by atoms with Crippen LogP contribution in [0.25, 0.3) is 0 Å². The van der Waals surface area contributed by atoms with Gasteiger partial charge in [-0.25, -0.2) is 4.79 Å². The lowest BCUT2D eigenvalue weighted by Gasteiger charge is -2.21. The predicted molar refractivity (Wildman–Crippen MR) is 75.2 cm³/mol. The molecule has 98 valence electrons. The van der Waals surface area contributed by atoms with Gasteiger partial charge < -0.3 is 16.0 Å². The van der Waals surface area contributed by atoms with Gasteiger partial charge in [0.2, 0.25) is 0 Å². The third kappa shape index (κ3) is 3.15. The molecule has 4 heteroatoms. The van der Waals surface area contributed by atoms with Gasteiger partial charge in [-0.15, -0.1) is 0 Å². The second kappa shape index (κ2) is 6.28. The second-order valence-electron chi connectivity index (χ2n) is 4.60. The molecule has 0 spiro atoms.